The number of hydrogen-bond donors (Lipinski definition) is 1. The molecule has 0 unspecified atom stereocenters. The van der Waals surface area contributed by atoms with Gasteiger partial charge in [0.2, 0.25) is 0 Å². The Morgan fingerprint density at radius 1 is 1.00 bits per heavy atom. The lowest BCUT2D eigenvalue weighted by molar-refractivity contribution is -0.143. The molecular formula is C17H15FN2O2. The molecule has 0 atom stereocenters. The Bertz CT molecular complexity index is 713. The normalized spacial score (nSPS) is 13.4. The van der Waals surface area contributed by atoms with Crippen molar-refractivity contribution in [1.82, 2.24) is 4.90 Å². The minimum absolute atomic E-state index is 0.392. The van der Waals surface area contributed by atoms with Gasteiger partial charge in [0.25, 0.3) is 0 Å². The molecule has 1 aliphatic rings. The summed E-state index contributed by atoms with van der Waals surface area (Å²) in [5.74, 6) is -1.67. The number of halogens is 1. The van der Waals surface area contributed by atoms with E-state index in [4.69, 9.17) is 0 Å². The van der Waals surface area contributed by atoms with Gasteiger partial charge in [0.05, 0.1) is 0 Å². The van der Waals surface area contributed by atoms with Crippen LogP contribution in [0.1, 0.15) is 11.1 Å². The summed E-state index contributed by atoms with van der Waals surface area (Å²) in [6, 6.07) is 13.2. The SMILES string of the molecule is O=C(Nc1ccc(F)cc1)C(=O)N1CCc2ccccc2C1. The van der Waals surface area contributed by atoms with E-state index in [9.17, 15) is 14.0 Å². The summed E-state index contributed by atoms with van der Waals surface area (Å²) in [6.07, 6.45) is 0.742. The topological polar surface area (TPSA) is 49.4 Å². The first kappa shape index (κ1) is 14.3. The van der Waals surface area contributed by atoms with E-state index in [0.717, 1.165) is 12.0 Å². The molecule has 0 aromatic heterocycles. The first-order valence-electron chi connectivity index (χ1n) is 7.06. The number of nitrogens with one attached hydrogen (secondary N) is 1. The van der Waals surface area contributed by atoms with Crippen LogP contribution in [0.3, 0.4) is 0 Å². The lowest BCUT2D eigenvalue weighted by Gasteiger charge is -2.28. The summed E-state index contributed by atoms with van der Waals surface area (Å²) in [7, 11) is 0. The minimum Gasteiger partial charge on any atom is -0.330 e. The van der Waals surface area contributed by atoms with Gasteiger partial charge >= 0.3 is 11.8 Å². The Labute approximate surface area is 127 Å². The van der Waals surface area contributed by atoms with E-state index in [0.29, 0.717) is 18.8 Å². The monoisotopic (exact) mass is 298 g/mol. The third-order valence-electron chi connectivity index (χ3n) is 3.71. The zero-order valence-electron chi connectivity index (χ0n) is 11.9. The molecule has 4 nitrogen and oxygen atoms in total. The fourth-order valence-corrected chi connectivity index (χ4v) is 2.53. The van der Waals surface area contributed by atoms with Gasteiger partial charge in [-0.2, -0.15) is 0 Å². The molecule has 112 valence electrons. The van der Waals surface area contributed by atoms with Gasteiger partial charge in [-0.05, 0) is 41.8 Å². The van der Waals surface area contributed by atoms with Crippen LogP contribution in [-0.2, 0) is 22.6 Å². The highest BCUT2D eigenvalue weighted by Crippen LogP contribution is 2.18. The van der Waals surface area contributed by atoms with E-state index >= 15 is 0 Å². The number of nitrogens with zero attached hydrogens (tertiary/aromatic N) is 1. The van der Waals surface area contributed by atoms with Gasteiger partial charge in [0.15, 0.2) is 0 Å². The summed E-state index contributed by atoms with van der Waals surface area (Å²) in [6.45, 7) is 0.957. The fourth-order valence-electron chi connectivity index (χ4n) is 2.53. The molecule has 0 fully saturated rings. The Hall–Kier alpha value is -2.69. The third-order valence-corrected chi connectivity index (χ3v) is 3.71. The predicted molar refractivity (Wildman–Crippen MR) is 80.6 cm³/mol. The highest BCUT2D eigenvalue weighted by molar-refractivity contribution is 6.39. The number of anilines is 1. The van der Waals surface area contributed by atoms with Crippen LogP contribution in [0, 0.1) is 5.82 Å². The van der Waals surface area contributed by atoms with Crippen molar-refractivity contribution in [2.24, 2.45) is 0 Å². The van der Waals surface area contributed by atoms with Gasteiger partial charge in [-0.1, -0.05) is 24.3 Å². The van der Waals surface area contributed by atoms with Crippen molar-refractivity contribution in [3.8, 4) is 0 Å². The number of carbonyl (C=O) groups is 2. The number of carbonyl (C=O) groups excluding carboxylic acids is 2. The Morgan fingerprint density at radius 3 is 2.41 bits per heavy atom. The number of hydrogen-bond acceptors (Lipinski definition) is 2. The van der Waals surface area contributed by atoms with Crippen molar-refractivity contribution in [3.05, 3.63) is 65.5 Å². The smallest absolute Gasteiger partial charge is 0.313 e. The number of fused-ring (bicyclic) bond motifs is 1. The molecule has 3 rings (SSSR count). The van der Waals surface area contributed by atoms with Crippen molar-refractivity contribution in [2.75, 3.05) is 11.9 Å². The zero-order chi connectivity index (χ0) is 15.5. The Balaban J connectivity index is 1.67. The van der Waals surface area contributed by atoms with Crippen LogP contribution >= 0.6 is 0 Å². The number of benzene rings is 2. The molecule has 1 heterocycles. The Morgan fingerprint density at radius 2 is 1.68 bits per heavy atom. The summed E-state index contributed by atoms with van der Waals surface area (Å²) in [4.78, 5) is 25.8. The molecule has 0 bridgehead atoms. The fraction of sp³-hybridized carbons (Fsp3) is 0.176. The second-order valence-electron chi connectivity index (χ2n) is 5.21. The van der Waals surface area contributed by atoms with Crippen LogP contribution in [0.2, 0.25) is 0 Å². The lowest BCUT2D eigenvalue weighted by atomic mass is 10.00. The molecule has 5 heteroatoms. The molecule has 2 aromatic rings. The zero-order valence-corrected chi connectivity index (χ0v) is 11.9. The number of rotatable bonds is 1. The summed E-state index contributed by atoms with van der Waals surface area (Å²) in [5, 5.41) is 2.49. The summed E-state index contributed by atoms with van der Waals surface area (Å²) < 4.78 is 12.8. The van der Waals surface area contributed by atoms with E-state index in [1.165, 1.54) is 34.7 Å². The van der Waals surface area contributed by atoms with Gasteiger partial charge in [0.1, 0.15) is 5.82 Å². The van der Waals surface area contributed by atoms with E-state index in [-0.39, 0.29) is 0 Å². The highest BCUT2D eigenvalue weighted by Gasteiger charge is 2.25. The van der Waals surface area contributed by atoms with E-state index in [1.54, 1.807) is 0 Å². The van der Waals surface area contributed by atoms with E-state index in [2.05, 4.69) is 5.32 Å². The molecule has 22 heavy (non-hydrogen) atoms. The summed E-state index contributed by atoms with van der Waals surface area (Å²) >= 11 is 0. The maximum Gasteiger partial charge on any atom is 0.313 e. The largest absolute Gasteiger partial charge is 0.330 e. The maximum absolute atomic E-state index is 12.8. The lowest BCUT2D eigenvalue weighted by Crippen LogP contribution is -2.42. The second kappa shape index (κ2) is 5.97. The van der Waals surface area contributed by atoms with Crippen molar-refractivity contribution >= 4 is 17.5 Å². The maximum atomic E-state index is 12.8. The van der Waals surface area contributed by atoms with Crippen molar-refractivity contribution in [1.29, 1.82) is 0 Å². The van der Waals surface area contributed by atoms with Crippen molar-refractivity contribution in [3.63, 3.8) is 0 Å². The molecule has 0 saturated carbocycles. The first-order chi connectivity index (χ1) is 10.6. The average Bonchev–Trinajstić information content (AvgIpc) is 2.55. The van der Waals surface area contributed by atoms with Gasteiger partial charge in [0, 0.05) is 18.8 Å². The van der Waals surface area contributed by atoms with Crippen LogP contribution in [0.15, 0.2) is 48.5 Å². The van der Waals surface area contributed by atoms with Crippen LogP contribution in [0.25, 0.3) is 0 Å². The second-order valence-corrected chi connectivity index (χ2v) is 5.21. The molecule has 0 spiro atoms. The molecule has 0 aliphatic carbocycles. The Kier molecular flexibility index (Phi) is 3.87. The minimum atomic E-state index is -0.703. The molecule has 1 N–H and O–H groups in total. The molecule has 0 radical (unpaired) electrons. The van der Waals surface area contributed by atoms with Crippen LogP contribution in [0.4, 0.5) is 10.1 Å². The van der Waals surface area contributed by atoms with Crippen molar-refractivity contribution in [2.45, 2.75) is 13.0 Å². The van der Waals surface area contributed by atoms with Gasteiger partial charge in [-0.25, -0.2) is 4.39 Å². The van der Waals surface area contributed by atoms with E-state index in [1.807, 2.05) is 24.3 Å². The molecule has 2 aromatic carbocycles. The third kappa shape index (κ3) is 2.98. The highest BCUT2D eigenvalue weighted by atomic mass is 19.1. The first-order valence-corrected chi connectivity index (χ1v) is 7.06. The predicted octanol–water partition coefficient (Wildman–Crippen LogP) is 2.35. The quantitative estimate of drug-likeness (QED) is 0.822. The van der Waals surface area contributed by atoms with Crippen LogP contribution < -0.4 is 5.32 Å². The van der Waals surface area contributed by atoms with Crippen LogP contribution in [-0.4, -0.2) is 23.3 Å². The van der Waals surface area contributed by atoms with E-state index < -0.39 is 17.6 Å². The van der Waals surface area contributed by atoms with Gasteiger partial charge in [-0.15, -0.1) is 0 Å². The average molecular weight is 298 g/mol. The standard InChI is InChI=1S/C17H15FN2O2/c18-14-5-7-15(8-6-14)19-16(21)17(22)20-10-9-12-3-1-2-4-13(12)11-20/h1-8H,9-11H2,(H,19,21). The van der Waals surface area contributed by atoms with Crippen LogP contribution in [0.5, 0.6) is 0 Å². The van der Waals surface area contributed by atoms with Gasteiger partial charge < -0.3 is 10.2 Å². The molecule has 0 saturated heterocycles. The molecule has 2 amide bonds. The van der Waals surface area contributed by atoms with Gasteiger partial charge in [-0.3, -0.25) is 9.59 Å². The molecular weight excluding hydrogens is 283 g/mol. The van der Waals surface area contributed by atoms with Crippen molar-refractivity contribution < 1.29 is 14.0 Å². The number of amides is 2. The summed E-state index contributed by atoms with van der Waals surface area (Å²) in [5.41, 5.74) is 2.68. The molecule has 1 aliphatic heterocycles.